The van der Waals surface area contributed by atoms with E-state index in [9.17, 15) is 0 Å². The van der Waals surface area contributed by atoms with Gasteiger partial charge in [0.15, 0.2) is 17.5 Å². The molecule has 2 aromatic heterocycles. The SMILES string of the molecule is [2H]c1c([2H])c([2H])c(-c2ccc3c(c2)c2ccccc2n3-c2ccc(-c3nc(-c4ccccc4)nc(-c4ccc(-c5ccccc5)cc4)n3)cc2)c([2H])c1[2H]. The Morgan fingerprint density at radius 2 is 0.837 bits per heavy atom. The van der Waals surface area contributed by atoms with Crippen LogP contribution in [0.15, 0.2) is 182 Å². The van der Waals surface area contributed by atoms with Crippen LogP contribution >= 0.6 is 0 Å². The molecule has 0 aliphatic heterocycles. The van der Waals surface area contributed by atoms with E-state index in [0.29, 0.717) is 23.0 Å². The van der Waals surface area contributed by atoms with Gasteiger partial charge in [-0.25, -0.2) is 15.0 Å². The fourth-order valence-electron chi connectivity index (χ4n) is 6.35. The predicted octanol–water partition coefficient (Wildman–Crippen LogP) is 11.3. The van der Waals surface area contributed by atoms with Crippen LogP contribution in [0.25, 0.3) is 83.9 Å². The first-order valence-electron chi connectivity index (χ1n) is 18.5. The Morgan fingerprint density at radius 1 is 0.367 bits per heavy atom. The first-order chi connectivity index (χ1) is 26.4. The Hall–Kier alpha value is -6.65. The van der Waals surface area contributed by atoms with Gasteiger partial charge in [0, 0.05) is 33.2 Å². The van der Waals surface area contributed by atoms with Crippen molar-refractivity contribution < 1.29 is 6.85 Å². The lowest BCUT2D eigenvalue weighted by molar-refractivity contribution is 1.07. The van der Waals surface area contributed by atoms with E-state index in [0.717, 1.165) is 55.3 Å². The maximum absolute atomic E-state index is 8.55. The number of para-hydroxylation sites is 1. The lowest BCUT2D eigenvalue weighted by atomic mass is 10.0. The highest BCUT2D eigenvalue weighted by molar-refractivity contribution is 6.10. The highest BCUT2D eigenvalue weighted by atomic mass is 15.0. The minimum atomic E-state index is -0.406. The standard InChI is InChI=1S/C45H30N4/c1-4-12-31(13-5-1)33-20-22-35(23-21-33)44-46-43(34-16-8-3-9-17-34)47-45(48-44)36-24-27-38(28-25-36)49-41-19-11-10-18-39(41)40-30-37(26-29-42(40)49)32-14-6-2-7-15-32/h1-30H/i2D,6D,7D,14D,15D. The minimum absolute atomic E-state index is 0.183. The number of aromatic nitrogens is 4. The van der Waals surface area contributed by atoms with Crippen LogP contribution in [-0.2, 0) is 0 Å². The van der Waals surface area contributed by atoms with Gasteiger partial charge in [-0.2, -0.15) is 0 Å². The molecule has 2 heterocycles. The molecule has 0 unspecified atom stereocenters. The summed E-state index contributed by atoms with van der Waals surface area (Å²) in [5.41, 5.74) is 8.45. The van der Waals surface area contributed by atoms with Gasteiger partial charge in [0.2, 0.25) is 0 Å². The van der Waals surface area contributed by atoms with Gasteiger partial charge < -0.3 is 4.57 Å². The summed E-state index contributed by atoms with van der Waals surface area (Å²) in [5.74, 6) is 1.73. The second-order valence-corrected chi connectivity index (χ2v) is 11.7. The van der Waals surface area contributed by atoms with Crippen LogP contribution < -0.4 is 0 Å². The van der Waals surface area contributed by atoms with Gasteiger partial charge in [-0.05, 0) is 64.7 Å². The monoisotopic (exact) mass is 631 g/mol. The average molecular weight is 632 g/mol. The van der Waals surface area contributed by atoms with Crippen molar-refractivity contribution in [2.24, 2.45) is 0 Å². The van der Waals surface area contributed by atoms with Crippen molar-refractivity contribution in [1.82, 2.24) is 19.5 Å². The van der Waals surface area contributed by atoms with Crippen LogP contribution in [0, 0.1) is 0 Å². The van der Waals surface area contributed by atoms with Crippen LogP contribution in [-0.4, -0.2) is 19.5 Å². The third kappa shape index (κ3) is 5.35. The number of hydrogen-bond donors (Lipinski definition) is 0. The zero-order valence-corrected chi connectivity index (χ0v) is 26.2. The zero-order chi connectivity index (χ0) is 36.9. The number of nitrogens with zero attached hydrogens (tertiary/aromatic N) is 4. The molecular formula is C45H30N4. The molecular weight excluding hydrogens is 597 g/mol. The van der Waals surface area contributed by atoms with Crippen LogP contribution in [0.1, 0.15) is 6.85 Å². The molecule has 0 spiro atoms. The third-order valence-corrected chi connectivity index (χ3v) is 8.76. The van der Waals surface area contributed by atoms with Gasteiger partial charge in [-0.1, -0.05) is 139 Å². The summed E-state index contributed by atoms with van der Waals surface area (Å²) < 4.78 is 43.7. The molecule has 0 saturated heterocycles. The Bertz CT molecular complexity index is 2830. The first-order valence-corrected chi connectivity index (χ1v) is 16.0. The molecule has 4 nitrogen and oxygen atoms in total. The first kappa shape index (κ1) is 23.6. The van der Waals surface area contributed by atoms with Crippen molar-refractivity contribution in [3.05, 3.63) is 182 Å². The summed E-state index contributed by atoms with van der Waals surface area (Å²) in [4.78, 5) is 14.8. The summed E-state index contributed by atoms with van der Waals surface area (Å²) in [5, 5.41) is 1.89. The molecule has 0 aliphatic rings. The van der Waals surface area contributed by atoms with Crippen molar-refractivity contribution in [3.8, 4) is 62.1 Å². The van der Waals surface area contributed by atoms with Gasteiger partial charge in [0.05, 0.1) is 17.9 Å². The van der Waals surface area contributed by atoms with Gasteiger partial charge in [0.1, 0.15) is 0 Å². The molecule has 0 amide bonds. The van der Waals surface area contributed by atoms with E-state index in [1.807, 2.05) is 121 Å². The van der Waals surface area contributed by atoms with E-state index in [-0.39, 0.29) is 29.7 Å². The smallest absolute Gasteiger partial charge is 0.164 e. The summed E-state index contributed by atoms with van der Waals surface area (Å²) in [6, 6.07) is 48.8. The lowest BCUT2D eigenvalue weighted by Gasteiger charge is -2.11. The van der Waals surface area contributed by atoms with Gasteiger partial charge in [-0.15, -0.1) is 0 Å². The third-order valence-electron chi connectivity index (χ3n) is 8.76. The summed E-state index contributed by atoms with van der Waals surface area (Å²) in [7, 11) is 0. The van der Waals surface area contributed by atoms with Crippen LogP contribution in [0.3, 0.4) is 0 Å². The van der Waals surface area contributed by atoms with E-state index in [4.69, 9.17) is 21.8 Å². The second-order valence-electron chi connectivity index (χ2n) is 11.7. The number of rotatable bonds is 6. The highest BCUT2D eigenvalue weighted by Gasteiger charge is 2.15. The van der Waals surface area contributed by atoms with Crippen molar-refractivity contribution in [2.45, 2.75) is 0 Å². The van der Waals surface area contributed by atoms with Gasteiger partial charge >= 0.3 is 0 Å². The number of benzene rings is 7. The van der Waals surface area contributed by atoms with Gasteiger partial charge in [-0.3, -0.25) is 0 Å². The Morgan fingerprint density at radius 3 is 1.49 bits per heavy atom. The van der Waals surface area contributed by atoms with Crippen molar-refractivity contribution in [3.63, 3.8) is 0 Å². The van der Waals surface area contributed by atoms with E-state index in [2.05, 4.69) is 34.9 Å². The molecule has 0 bridgehead atoms. The van der Waals surface area contributed by atoms with Crippen LogP contribution in [0.5, 0.6) is 0 Å². The van der Waals surface area contributed by atoms with Crippen LogP contribution in [0.4, 0.5) is 0 Å². The highest BCUT2D eigenvalue weighted by Crippen LogP contribution is 2.35. The van der Waals surface area contributed by atoms with Crippen molar-refractivity contribution in [1.29, 1.82) is 0 Å². The fraction of sp³-hybridized carbons (Fsp3) is 0. The van der Waals surface area contributed by atoms with E-state index >= 15 is 0 Å². The normalized spacial score (nSPS) is 12.7. The maximum Gasteiger partial charge on any atom is 0.164 e. The number of hydrogen-bond acceptors (Lipinski definition) is 3. The Kier molecular flexibility index (Phi) is 5.87. The van der Waals surface area contributed by atoms with E-state index in [1.54, 1.807) is 0 Å². The summed E-state index contributed by atoms with van der Waals surface area (Å²) in [6.45, 7) is 0. The average Bonchev–Trinajstić information content (AvgIpc) is 3.56. The molecule has 0 N–H and O–H groups in total. The molecule has 4 heteroatoms. The maximum atomic E-state index is 8.55. The van der Waals surface area contributed by atoms with E-state index in [1.165, 1.54) is 0 Å². The lowest BCUT2D eigenvalue weighted by Crippen LogP contribution is -2.00. The predicted molar refractivity (Wildman–Crippen MR) is 201 cm³/mol. The van der Waals surface area contributed by atoms with Crippen LogP contribution in [0.2, 0.25) is 0 Å². The molecule has 49 heavy (non-hydrogen) atoms. The molecule has 0 radical (unpaired) electrons. The zero-order valence-electron chi connectivity index (χ0n) is 31.2. The molecule has 0 aliphatic carbocycles. The van der Waals surface area contributed by atoms with E-state index < -0.39 is 6.04 Å². The summed E-state index contributed by atoms with van der Waals surface area (Å²) >= 11 is 0. The quantitative estimate of drug-likeness (QED) is 0.183. The Balaban J connectivity index is 1.13. The number of fused-ring (bicyclic) bond motifs is 3. The molecule has 230 valence electrons. The molecule has 0 atom stereocenters. The Labute approximate surface area is 291 Å². The minimum Gasteiger partial charge on any atom is -0.309 e. The van der Waals surface area contributed by atoms with Gasteiger partial charge in [0.25, 0.3) is 0 Å². The summed E-state index contributed by atoms with van der Waals surface area (Å²) in [6.07, 6.45) is 0. The largest absolute Gasteiger partial charge is 0.309 e. The topological polar surface area (TPSA) is 43.6 Å². The molecule has 9 rings (SSSR count). The molecule has 0 fully saturated rings. The molecule has 0 saturated carbocycles. The van der Waals surface area contributed by atoms with Crippen molar-refractivity contribution in [2.75, 3.05) is 0 Å². The van der Waals surface area contributed by atoms with Crippen molar-refractivity contribution >= 4 is 21.8 Å². The molecule has 7 aromatic carbocycles. The second kappa shape index (κ2) is 12.2. The fourth-order valence-corrected chi connectivity index (χ4v) is 6.35. The molecule has 9 aromatic rings.